The van der Waals surface area contributed by atoms with Crippen LogP contribution in [0, 0.1) is 0 Å². The van der Waals surface area contributed by atoms with E-state index in [4.69, 9.17) is 4.98 Å². The van der Waals surface area contributed by atoms with Crippen molar-refractivity contribution in [2.45, 2.75) is 0 Å². The van der Waals surface area contributed by atoms with Crippen LogP contribution < -0.4 is 0 Å². The molecule has 108 valence electrons. The van der Waals surface area contributed by atoms with Crippen molar-refractivity contribution in [3.8, 4) is 11.3 Å². The fourth-order valence-electron chi connectivity index (χ4n) is 3.03. The first kappa shape index (κ1) is 12.3. The van der Waals surface area contributed by atoms with E-state index in [-0.39, 0.29) is 0 Å². The summed E-state index contributed by atoms with van der Waals surface area (Å²) in [5.74, 6) is 0. The Bertz CT molecular complexity index is 1170. The van der Waals surface area contributed by atoms with Crippen LogP contribution in [0.15, 0.2) is 67.0 Å². The van der Waals surface area contributed by atoms with E-state index in [2.05, 4.69) is 51.6 Å². The maximum atomic E-state index is 4.82. The average Bonchev–Trinajstić information content (AvgIpc) is 3.06. The molecule has 0 bridgehead atoms. The van der Waals surface area contributed by atoms with Crippen molar-refractivity contribution in [2.75, 3.05) is 0 Å². The zero-order valence-corrected chi connectivity index (χ0v) is 12.2. The van der Waals surface area contributed by atoms with Crippen LogP contribution in [0.3, 0.4) is 0 Å². The maximum Gasteiger partial charge on any atom is 0.0916 e. The number of benzene rings is 3. The van der Waals surface area contributed by atoms with Crippen LogP contribution in [0.1, 0.15) is 0 Å². The Balaban J connectivity index is 1.80. The zero-order chi connectivity index (χ0) is 15.2. The first-order chi connectivity index (χ1) is 11.4. The molecular formula is C19H12N4. The molecule has 4 heteroatoms. The van der Waals surface area contributed by atoms with Gasteiger partial charge in [0.15, 0.2) is 0 Å². The summed E-state index contributed by atoms with van der Waals surface area (Å²) in [6.07, 6.45) is 3.64. The Labute approximate surface area is 131 Å². The molecule has 0 aliphatic rings. The SMILES string of the molecule is c1ccc2c(-c3cnc4cc5cn[nH]c5cc4n3)cccc2c1. The molecule has 3 aromatic carbocycles. The minimum atomic E-state index is 0.868. The lowest BCUT2D eigenvalue weighted by Gasteiger charge is -2.07. The summed E-state index contributed by atoms with van der Waals surface area (Å²) in [7, 11) is 0. The van der Waals surface area contributed by atoms with Crippen LogP contribution in [0.25, 0.3) is 44.0 Å². The highest BCUT2D eigenvalue weighted by molar-refractivity contribution is 5.97. The van der Waals surface area contributed by atoms with E-state index in [0.717, 1.165) is 33.2 Å². The van der Waals surface area contributed by atoms with E-state index in [1.807, 2.05) is 24.4 Å². The zero-order valence-electron chi connectivity index (χ0n) is 12.2. The van der Waals surface area contributed by atoms with Crippen molar-refractivity contribution >= 4 is 32.7 Å². The molecule has 5 rings (SSSR count). The van der Waals surface area contributed by atoms with Crippen LogP contribution in [0.5, 0.6) is 0 Å². The summed E-state index contributed by atoms with van der Waals surface area (Å²) >= 11 is 0. The second-order valence-corrected chi connectivity index (χ2v) is 5.58. The summed E-state index contributed by atoms with van der Waals surface area (Å²) in [5, 5.41) is 10.5. The molecule has 0 aliphatic carbocycles. The number of nitrogens with one attached hydrogen (secondary N) is 1. The minimum absolute atomic E-state index is 0.868. The van der Waals surface area contributed by atoms with E-state index < -0.39 is 0 Å². The summed E-state index contributed by atoms with van der Waals surface area (Å²) in [4.78, 5) is 9.40. The molecule has 0 saturated carbocycles. The van der Waals surface area contributed by atoms with Gasteiger partial charge in [-0.15, -0.1) is 0 Å². The molecule has 23 heavy (non-hydrogen) atoms. The van der Waals surface area contributed by atoms with Crippen LogP contribution in [0.4, 0.5) is 0 Å². The molecule has 0 radical (unpaired) electrons. The Hall–Kier alpha value is -3.27. The van der Waals surface area contributed by atoms with Crippen LogP contribution in [-0.2, 0) is 0 Å². The lowest BCUT2D eigenvalue weighted by Crippen LogP contribution is -1.90. The van der Waals surface area contributed by atoms with E-state index in [9.17, 15) is 0 Å². The Kier molecular flexibility index (Phi) is 2.46. The summed E-state index contributed by atoms with van der Waals surface area (Å²) in [5.41, 5.74) is 4.70. The van der Waals surface area contributed by atoms with Crippen molar-refractivity contribution in [3.63, 3.8) is 0 Å². The highest BCUT2D eigenvalue weighted by Gasteiger charge is 2.08. The van der Waals surface area contributed by atoms with Crippen molar-refractivity contribution < 1.29 is 0 Å². The number of fused-ring (bicyclic) bond motifs is 3. The van der Waals surface area contributed by atoms with Gasteiger partial charge in [0.1, 0.15) is 0 Å². The quantitative estimate of drug-likeness (QED) is 0.501. The van der Waals surface area contributed by atoms with Gasteiger partial charge in [-0.25, -0.2) is 4.98 Å². The monoisotopic (exact) mass is 296 g/mol. The number of rotatable bonds is 1. The summed E-state index contributed by atoms with van der Waals surface area (Å²) in [6, 6.07) is 18.6. The molecule has 0 amide bonds. The molecule has 5 aromatic rings. The van der Waals surface area contributed by atoms with Gasteiger partial charge in [0.05, 0.1) is 34.6 Å². The number of hydrogen-bond acceptors (Lipinski definition) is 3. The molecule has 0 unspecified atom stereocenters. The maximum absolute atomic E-state index is 4.82. The van der Waals surface area contributed by atoms with Crippen LogP contribution >= 0.6 is 0 Å². The third-order valence-corrected chi connectivity index (χ3v) is 4.17. The molecule has 0 spiro atoms. The predicted octanol–water partition coefficient (Wildman–Crippen LogP) is 4.33. The van der Waals surface area contributed by atoms with E-state index in [1.54, 1.807) is 6.20 Å². The van der Waals surface area contributed by atoms with Gasteiger partial charge in [-0.3, -0.25) is 10.1 Å². The van der Waals surface area contributed by atoms with Gasteiger partial charge in [-0.1, -0.05) is 42.5 Å². The Morgan fingerprint density at radius 2 is 1.70 bits per heavy atom. The Morgan fingerprint density at radius 3 is 2.70 bits per heavy atom. The Morgan fingerprint density at radius 1 is 0.783 bits per heavy atom. The van der Waals surface area contributed by atoms with Gasteiger partial charge in [0.25, 0.3) is 0 Å². The topological polar surface area (TPSA) is 54.5 Å². The third kappa shape index (κ3) is 1.89. The fourth-order valence-corrected chi connectivity index (χ4v) is 3.03. The van der Waals surface area contributed by atoms with Gasteiger partial charge >= 0.3 is 0 Å². The van der Waals surface area contributed by atoms with Gasteiger partial charge in [-0.2, -0.15) is 5.10 Å². The normalized spacial score (nSPS) is 11.5. The highest BCUT2D eigenvalue weighted by Crippen LogP contribution is 2.28. The average molecular weight is 296 g/mol. The number of aromatic nitrogens is 4. The van der Waals surface area contributed by atoms with E-state index in [0.29, 0.717) is 0 Å². The molecule has 1 N–H and O–H groups in total. The number of hydrogen-bond donors (Lipinski definition) is 1. The molecule has 0 fully saturated rings. The number of aromatic amines is 1. The van der Waals surface area contributed by atoms with Crippen molar-refractivity contribution in [2.24, 2.45) is 0 Å². The molecule has 0 atom stereocenters. The number of H-pyrrole nitrogens is 1. The van der Waals surface area contributed by atoms with E-state index >= 15 is 0 Å². The molecule has 2 aromatic heterocycles. The van der Waals surface area contributed by atoms with Crippen molar-refractivity contribution in [3.05, 3.63) is 67.0 Å². The standard InChI is InChI=1S/C19H12N4/c1-2-6-14-12(4-1)5-3-7-15(14)19-11-20-17-8-13-10-21-23-16(13)9-18(17)22-19/h1-11H,(H,21,23). The largest absolute Gasteiger partial charge is 0.278 e. The first-order valence-electron chi connectivity index (χ1n) is 7.46. The van der Waals surface area contributed by atoms with E-state index in [1.165, 1.54) is 10.8 Å². The highest BCUT2D eigenvalue weighted by atomic mass is 15.1. The molecular weight excluding hydrogens is 284 g/mol. The minimum Gasteiger partial charge on any atom is -0.278 e. The van der Waals surface area contributed by atoms with Gasteiger partial charge in [0.2, 0.25) is 0 Å². The predicted molar refractivity (Wildman–Crippen MR) is 92.1 cm³/mol. The van der Waals surface area contributed by atoms with Gasteiger partial charge in [0, 0.05) is 10.9 Å². The summed E-state index contributed by atoms with van der Waals surface area (Å²) in [6.45, 7) is 0. The van der Waals surface area contributed by atoms with Gasteiger partial charge < -0.3 is 0 Å². The van der Waals surface area contributed by atoms with Crippen molar-refractivity contribution in [1.29, 1.82) is 0 Å². The second kappa shape index (κ2) is 4.61. The fraction of sp³-hybridized carbons (Fsp3) is 0. The first-order valence-corrected chi connectivity index (χ1v) is 7.46. The van der Waals surface area contributed by atoms with Gasteiger partial charge in [-0.05, 0) is 22.9 Å². The third-order valence-electron chi connectivity index (χ3n) is 4.17. The van der Waals surface area contributed by atoms with Crippen molar-refractivity contribution in [1.82, 2.24) is 20.2 Å². The lowest BCUT2D eigenvalue weighted by molar-refractivity contribution is 1.12. The second-order valence-electron chi connectivity index (χ2n) is 5.58. The molecule has 2 heterocycles. The molecule has 0 aliphatic heterocycles. The van der Waals surface area contributed by atoms with Crippen LogP contribution in [0.2, 0.25) is 0 Å². The van der Waals surface area contributed by atoms with Crippen LogP contribution in [-0.4, -0.2) is 20.2 Å². The lowest BCUT2D eigenvalue weighted by atomic mass is 10.0. The summed E-state index contributed by atoms with van der Waals surface area (Å²) < 4.78 is 0. The smallest absolute Gasteiger partial charge is 0.0916 e. The number of nitrogens with zero attached hydrogens (tertiary/aromatic N) is 3. The molecule has 4 nitrogen and oxygen atoms in total. The molecule has 0 saturated heterocycles.